The van der Waals surface area contributed by atoms with Gasteiger partial charge in [-0.15, -0.1) is 0 Å². The zero-order valence-electron chi connectivity index (χ0n) is 14.5. The zero-order chi connectivity index (χ0) is 18.0. The highest BCUT2D eigenvalue weighted by atomic mass is 16.5. The average Bonchev–Trinajstić information content (AvgIpc) is 2.84. The molecular formula is C17H26N2O4. The highest BCUT2D eigenvalue weighted by molar-refractivity contribution is 5.99. The highest BCUT2D eigenvalue weighted by Crippen LogP contribution is 2.19. The molecule has 1 saturated heterocycles. The number of imide groups is 1. The van der Waals surface area contributed by atoms with Gasteiger partial charge in [0.15, 0.2) is 0 Å². The van der Waals surface area contributed by atoms with E-state index >= 15 is 0 Å². The largest absolute Gasteiger partial charge is 0.380 e. The average molecular weight is 322 g/mol. The van der Waals surface area contributed by atoms with Crippen LogP contribution in [-0.4, -0.2) is 16.6 Å². The van der Waals surface area contributed by atoms with Crippen molar-refractivity contribution in [3.8, 4) is 0 Å². The second kappa shape index (κ2) is 10.4. The van der Waals surface area contributed by atoms with Gasteiger partial charge in [-0.1, -0.05) is 46.4 Å². The summed E-state index contributed by atoms with van der Waals surface area (Å²) in [7, 11) is 0. The smallest absolute Gasteiger partial charge is 0.290 e. The monoisotopic (exact) mass is 322 g/mol. The van der Waals surface area contributed by atoms with E-state index in [1.165, 1.54) is 0 Å². The summed E-state index contributed by atoms with van der Waals surface area (Å²) in [6, 6.07) is -0.769. The van der Waals surface area contributed by atoms with Gasteiger partial charge in [0.05, 0.1) is 5.56 Å². The third kappa shape index (κ3) is 5.09. The van der Waals surface area contributed by atoms with Crippen molar-refractivity contribution in [3.05, 3.63) is 40.4 Å². The van der Waals surface area contributed by atoms with E-state index in [2.05, 4.69) is 11.9 Å². The predicted molar refractivity (Wildman–Crippen MR) is 91.1 cm³/mol. The number of hydrogen-bond donors (Lipinski definition) is 1. The first-order chi connectivity index (χ1) is 11.0. The number of rotatable bonds is 3. The molecule has 0 radical (unpaired) electrons. The van der Waals surface area contributed by atoms with E-state index in [-0.39, 0.29) is 24.3 Å². The first kappa shape index (κ1) is 20.6. The Morgan fingerprint density at radius 2 is 1.83 bits per heavy atom. The van der Waals surface area contributed by atoms with Crippen LogP contribution in [0, 0.1) is 6.92 Å². The molecule has 1 unspecified atom stereocenters. The first-order valence-corrected chi connectivity index (χ1v) is 7.89. The molecule has 2 heterocycles. The van der Waals surface area contributed by atoms with Gasteiger partial charge in [-0.2, -0.15) is 4.74 Å². The van der Waals surface area contributed by atoms with Crippen molar-refractivity contribution in [2.45, 2.75) is 53.5 Å². The molecular weight excluding hydrogens is 296 g/mol. The molecule has 1 aliphatic heterocycles. The van der Waals surface area contributed by atoms with Crippen molar-refractivity contribution < 1.29 is 14.1 Å². The number of piperidine rings is 1. The number of nitrogens with zero attached hydrogens (tertiary/aromatic N) is 1. The summed E-state index contributed by atoms with van der Waals surface area (Å²) in [5.74, 6) is -0.413. The maximum Gasteiger partial charge on any atom is 0.290 e. The first-order valence-electron chi connectivity index (χ1n) is 7.89. The lowest BCUT2D eigenvalue weighted by Gasteiger charge is -2.19. The van der Waals surface area contributed by atoms with Crippen LogP contribution < -0.4 is 10.9 Å². The minimum Gasteiger partial charge on any atom is -0.380 e. The van der Waals surface area contributed by atoms with Crippen LogP contribution in [0.15, 0.2) is 28.0 Å². The van der Waals surface area contributed by atoms with E-state index in [1.54, 1.807) is 25.2 Å². The van der Waals surface area contributed by atoms with Crippen LogP contribution in [0.2, 0.25) is 0 Å². The number of amides is 2. The van der Waals surface area contributed by atoms with Gasteiger partial charge in [-0.25, -0.2) is 0 Å². The Kier molecular flexibility index (Phi) is 9.30. The summed E-state index contributed by atoms with van der Waals surface area (Å²) in [6.07, 6.45) is 5.20. The van der Waals surface area contributed by atoms with Crippen LogP contribution in [0.5, 0.6) is 0 Å². The van der Waals surface area contributed by atoms with Gasteiger partial charge in [-0.05, 0) is 19.4 Å². The molecule has 1 atom stereocenters. The lowest BCUT2D eigenvalue weighted by molar-refractivity contribution is -0.137. The summed E-state index contributed by atoms with van der Waals surface area (Å²) < 4.78 is 6.36. The molecule has 6 heteroatoms. The Bertz CT molecular complexity index is 623. The minimum absolute atomic E-state index is 0.195. The van der Waals surface area contributed by atoms with Gasteiger partial charge < -0.3 is 4.52 Å². The summed E-state index contributed by atoms with van der Waals surface area (Å²) in [4.78, 5) is 34.9. The number of carbonyl (C=O) groups excluding carboxylic acids is 2. The molecule has 23 heavy (non-hydrogen) atoms. The fourth-order valence-electron chi connectivity index (χ4n) is 1.97. The molecule has 0 aliphatic carbocycles. The second-order valence-electron chi connectivity index (χ2n) is 4.25. The zero-order valence-corrected chi connectivity index (χ0v) is 14.5. The lowest BCUT2D eigenvalue weighted by atomic mass is 10.1. The summed E-state index contributed by atoms with van der Waals surface area (Å²) in [6.45, 7) is 13.2. The number of allylic oxidation sites excluding steroid dienone is 2. The lowest BCUT2D eigenvalue weighted by Crippen LogP contribution is -2.43. The Morgan fingerprint density at radius 1 is 1.22 bits per heavy atom. The number of aryl methyl sites for hydroxylation is 1. The standard InChI is InChI=1S/C13H14N2O4.2C2H6/c1-3-4-5-9-8(2)19-15(13(9)18)10-6-7-11(16)14-12(10)17;2*1-2/h3-5,10H,1,6-7H2,2H3,(H,14,16,17);2*1-2H3/b5-4-;;. The van der Waals surface area contributed by atoms with E-state index in [9.17, 15) is 14.4 Å². The number of nitrogens with one attached hydrogen (secondary N) is 1. The molecule has 1 N–H and O–H groups in total. The molecule has 2 rings (SSSR count). The molecule has 128 valence electrons. The van der Waals surface area contributed by atoms with Crippen LogP contribution in [0.25, 0.3) is 6.08 Å². The van der Waals surface area contributed by atoms with E-state index in [0.29, 0.717) is 11.3 Å². The number of hydrogen-bond acceptors (Lipinski definition) is 4. The molecule has 1 aromatic heterocycles. The van der Waals surface area contributed by atoms with Gasteiger partial charge in [0.2, 0.25) is 5.91 Å². The van der Waals surface area contributed by atoms with Crippen molar-refractivity contribution in [2.24, 2.45) is 0 Å². The van der Waals surface area contributed by atoms with Crippen LogP contribution in [0.4, 0.5) is 0 Å². The molecule has 6 nitrogen and oxygen atoms in total. The minimum atomic E-state index is -0.769. The van der Waals surface area contributed by atoms with Crippen LogP contribution in [0.3, 0.4) is 0 Å². The highest BCUT2D eigenvalue weighted by Gasteiger charge is 2.31. The number of aromatic nitrogens is 1. The maximum atomic E-state index is 12.1. The molecule has 0 saturated carbocycles. The van der Waals surface area contributed by atoms with Gasteiger partial charge in [0.1, 0.15) is 11.8 Å². The van der Waals surface area contributed by atoms with E-state index in [1.807, 2.05) is 27.7 Å². The topological polar surface area (TPSA) is 81.3 Å². The van der Waals surface area contributed by atoms with Crippen LogP contribution in [-0.2, 0) is 9.59 Å². The molecule has 0 spiro atoms. The van der Waals surface area contributed by atoms with Crippen molar-refractivity contribution in [2.75, 3.05) is 0 Å². The molecule has 1 aliphatic rings. The third-order valence-electron chi connectivity index (χ3n) is 2.94. The maximum absolute atomic E-state index is 12.1. The SMILES string of the molecule is C=C/C=C\c1c(C)on(C2CCC(=O)NC2=O)c1=O.CC.CC. The summed E-state index contributed by atoms with van der Waals surface area (Å²) in [5.41, 5.74) is -0.00491. The molecule has 0 bridgehead atoms. The summed E-state index contributed by atoms with van der Waals surface area (Å²) >= 11 is 0. The Hall–Kier alpha value is -2.37. The van der Waals surface area contributed by atoms with Crippen LogP contribution in [0.1, 0.15) is 57.9 Å². The fraction of sp³-hybridized carbons (Fsp3) is 0.471. The van der Waals surface area contributed by atoms with Crippen molar-refractivity contribution in [1.29, 1.82) is 0 Å². The third-order valence-corrected chi connectivity index (χ3v) is 2.94. The van der Waals surface area contributed by atoms with Gasteiger partial charge in [-0.3, -0.25) is 19.7 Å². The van der Waals surface area contributed by atoms with E-state index < -0.39 is 11.9 Å². The van der Waals surface area contributed by atoms with Crippen molar-refractivity contribution in [1.82, 2.24) is 10.1 Å². The molecule has 0 aromatic carbocycles. The normalized spacial score (nSPS) is 16.8. The molecule has 1 aromatic rings. The van der Waals surface area contributed by atoms with Gasteiger partial charge in [0.25, 0.3) is 11.5 Å². The Morgan fingerprint density at radius 3 is 2.35 bits per heavy atom. The summed E-state index contributed by atoms with van der Waals surface area (Å²) in [5, 5.41) is 2.20. The van der Waals surface area contributed by atoms with E-state index in [4.69, 9.17) is 4.52 Å². The van der Waals surface area contributed by atoms with Crippen molar-refractivity contribution >= 4 is 17.9 Å². The fourth-order valence-corrected chi connectivity index (χ4v) is 1.97. The van der Waals surface area contributed by atoms with Gasteiger partial charge >= 0.3 is 0 Å². The Balaban J connectivity index is 0.00000112. The molecule has 1 fully saturated rings. The number of carbonyl (C=O) groups is 2. The quantitative estimate of drug-likeness (QED) is 0.685. The van der Waals surface area contributed by atoms with Gasteiger partial charge in [0, 0.05) is 6.42 Å². The van der Waals surface area contributed by atoms with Crippen molar-refractivity contribution in [3.63, 3.8) is 0 Å². The van der Waals surface area contributed by atoms with E-state index in [0.717, 1.165) is 4.74 Å². The Labute approximate surface area is 136 Å². The molecule has 2 amide bonds. The predicted octanol–water partition coefficient (Wildman–Crippen LogP) is 2.98. The second-order valence-corrected chi connectivity index (χ2v) is 4.25. The van der Waals surface area contributed by atoms with Crippen LogP contribution >= 0.6 is 0 Å².